The number of anilines is 1. The number of aryl methyl sites for hydroxylation is 1. The van der Waals surface area contributed by atoms with E-state index in [0.717, 1.165) is 10.8 Å². The summed E-state index contributed by atoms with van der Waals surface area (Å²) in [7, 11) is 3.95. The third kappa shape index (κ3) is 2.67. The SMILES string of the molecule is Cc1nc(N(C)C)sc1C[C@H](C)O. The molecule has 1 N–H and O–H groups in total. The molecule has 13 heavy (non-hydrogen) atoms. The Balaban J connectivity index is 2.83. The fraction of sp³-hybridized carbons (Fsp3) is 0.667. The number of hydrogen-bond acceptors (Lipinski definition) is 4. The molecule has 0 amide bonds. The zero-order chi connectivity index (χ0) is 10.0. The van der Waals surface area contributed by atoms with Gasteiger partial charge in [-0.3, -0.25) is 0 Å². The van der Waals surface area contributed by atoms with E-state index >= 15 is 0 Å². The molecule has 1 aromatic rings. The van der Waals surface area contributed by atoms with E-state index in [4.69, 9.17) is 0 Å². The van der Waals surface area contributed by atoms with Gasteiger partial charge in [0.1, 0.15) is 0 Å². The van der Waals surface area contributed by atoms with Crippen LogP contribution in [-0.4, -0.2) is 30.3 Å². The fourth-order valence-corrected chi connectivity index (χ4v) is 2.17. The normalized spacial score (nSPS) is 13.0. The monoisotopic (exact) mass is 200 g/mol. The molecule has 74 valence electrons. The van der Waals surface area contributed by atoms with E-state index in [1.165, 1.54) is 4.88 Å². The van der Waals surface area contributed by atoms with E-state index < -0.39 is 0 Å². The topological polar surface area (TPSA) is 36.4 Å². The van der Waals surface area contributed by atoms with Crippen LogP contribution in [-0.2, 0) is 6.42 Å². The van der Waals surface area contributed by atoms with Crippen LogP contribution < -0.4 is 4.90 Å². The summed E-state index contributed by atoms with van der Waals surface area (Å²) in [4.78, 5) is 7.57. The van der Waals surface area contributed by atoms with Crippen LogP contribution in [0.4, 0.5) is 5.13 Å². The molecule has 1 aromatic heterocycles. The Morgan fingerprint density at radius 3 is 2.54 bits per heavy atom. The maximum atomic E-state index is 9.24. The molecule has 0 saturated heterocycles. The fourth-order valence-electron chi connectivity index (χ4n) is 1.06. The van der Waals surface area contributed by atoms with Gasteiger partial charge in [-0.05, 0) is 13.8 Å². The van der Waals surface area contributed by atoms with Gasteiger partial charge in [-0.25, -0.2) is 4.98 Å². The number of thiazole rings is 1. The highest BCUT2D eigenvalue weighted by Crippen LogP contribution is 2.25. The maximum absolute atomic E-state index is 9.24. The van der Waals surface area contributed by atoms with Gasteiger partial charge in [0.05, 0.1) is 11.8 Å². The highest BCUT2D eigenvalue weighted by molar-refractivity contribution is 7.15. The lowest BCUT2D eigenvalue weighted by Crippen LogP contribution is -2.07. The number of aliphatic hydroxyl groups is 1. The van der Waals surface area contributed by atoms with Gasteiger partial charge >= 0.3 is 0 Å². The van der Waals surface area contributed by atoms with Crippen molar-refractivity contribution in [3.8, 4) is 0 Å². The van der Waals surface area contributed by atoms with E-state index in [2.05, 4.69) is 4.98 Å². The lowest BCUT2D eigenvalue weighted by molar-refractivity contribution is 0.196. The molecule has 0 fully saturated rings. The van der Waals surface area contributed by atoms with Gasteiger partial charge in [0, 0.05) is 25.4 Å². The zero-order valence-corrected chi connectivity index (χ0v) is 9.35. The molecule has 4 heteroatoms. The minimum atomic E-state index is -0.283. The largest absolute Gasteiger partial charge is 0.393 e. The average molecular weight is 200 g/mol. The Morgan fingerprint density at radius 2 is 2.15 bits per heavy atom. The maximum Gasteiger partial charge on any atom is 0.185 e. The van der Waals surface area contributed by atoms with Crippen molar-refractivity contribution in [2.45, 2.75) is 26.4 Å². The molecule has 0 aliphatic heterocycles. The quantitative estimate of drug-likeness (QED) is 0.802. The molecule has 0 aromatic carbocycles. The third-order valence-corrected chi connectivity index (χ3v) is 3.09. The Bertz CT molecular complexity index is 281. The van der Waals surface area contributed by atoms with Crippen LogP contribution in [0.3, 0.4) is 0 Å². The summed E-state index contributed by atoms with van der Waals surface area (Å²) in [6.07, 6.45) is 0.423. The van der Waals surface area contributed by atoms with Gasteiger partial charge in [0.2, 0.25) is 0 Å². The Labute approximate surface area is 83.0 Å². The van der Waals surface area contributed by atoms with Crippen LogP contribution in [0, 0.1) is 6.92 Å². The van der Waals surface area contributed by atoms with Crippen LogP contribution in [0.2, 0.25) is 0 Å². The molecule has 1 atom stereocenters. The summed E-state index contributed by atoms with van der Waals surface area (Å²) in [6.45, 7) is 3.79. The minimum absolute atomic E-state index is 0.283. The highest BCUT2D eigenvalue weighted by atomic mass is 32.1. The van der Waals surface area contributed by atoms with Gasteiger partial charge in [0.15, 0.2) is 5.13 Å². The van der Waals surface area contributed by atoms with Crippen LogP contribution >= 0.6 is 11.3 Å². The Kier molecular flexibility index (Phi) is 3.27. The molecule has 0 spiro atoms. The number of rotatable bonds is 3. The van der Waals surface area contributed by atoms with Crippen molar-refractivity contribution in [3.63, 3.8) is 0 Å². The second-order valence-electron chi connectivity index (χ2n) is 3.45. The summed E-state index contributed by atoms with van der Waals surface area (Å²) in [6, 6.07) is 0. The number of aliphatic hydroxyl groups excluding tert-OH is 1. The Hall–Kier alpha value is -0.610. The first-order valence-corrected chi connectivity index (χ1v) is 5.14. The average Bonchev–Trinajstić information content (AvgIpc) is 2.31. The van der Waals surface area contributed by atoms with Crippen molar-refractivity contribution in [1.82, 2.24) is 4.98 Å². The molecule has 0 radical (unpaired) electrons. The van der Waals surface area contributed by atoms with Crippen LogP contribution in [0.15, 0.2) is 0 Å². The third-order valence-electron chi connectivity index (χ3n) is 1.74. The predicted octanol–water partition coefficient (Wildman–Crippen LogP) is 1.44. The number of hydrogen-bond donors (Lipinski definition) is 1. The van der Waals surface area contributed by atoms with Crippen molar-refractivity contribution in [3.05, 3.63) is 10.6 Å². The molecule has 3 nitrogen and oxygen atoms in total. The van der Waals surface area contributed by atoms with Crippen molar-refractivity contribution >= 4 is 16.5 Å². The highest BCUT2D eigenvalue weighted by Gasteiger charge is 2.10. The molecule has 0 unspecified atom stereocenters. The lowest BCUT2D eigenvalue weighted by Gasteiger charge is -2.05. The summed E-state index contributed by atoms with van der Waals surface area (Å²) in [5, 5.41) is 10.3. The molecule has 0 saturated carbocycles. The molecule has 0 aliphatic carbocycles. The van der Waals surface area contributed by atoms with Crippen molar-refractivity contribution in [2.24, 2.45) is 0 Å². The summed E-state index contributed by atoms with van der Waals surface area (Å²) >= 11 is 1.65. The van der Waals surface area contributed by atoms with Gasteiger partial charge in [-0.2, -0.15) is 0 Å². The second kappa shape index (κ2) is 4.07. The molecular formula is C9H16N2OS. The van der Waals surface area contributed by atoms with Gasteiger partial charge < -0.3 is 10.0 Å². The van der Waals surface area contributed by atoms with E-state index in [9.17, 15) is 5.11 Å². The summed E-state index contributed by atoms with van der Waals surface area (Å²) < 4.78 is 0. The van der Waals surface area contributed by atoms with Gasteiger partial charge in [0.25, 0.3) is 0 Å². The number of aromatic nitrogens is 1. The predicted molar refractivity (Wildman–Crippen MR) is 56.6 cm³/mol. The van der Waals surface area contributed by atoms with E-state index in [1.807, 2.05) is 25.9 Å². The standard InChI is InChI=1S/C9H16N2OS/c1-6(12)5-8-7(2)10-9(13-8)11(3)4/h6,12H,5H2,1-4H3/t6-/m0/s1. The Morgan fingerprint density at radius 1 is 1.54 bits per heavy atom. The van der Waals surface area contributed by atoms with Crippen molar-refractivity contribution < 1.29 is 5.11 Å². The number of nitrogens with zero attached hydrogens (tertiary/aromatic N) is 2. The molecular weight excluding hydrogens is 184 g/mol. The van der Waals surface area contributed by atoms with Gasteiger partial charge in [-0.1, -0.05) is 0 Å². The minimum Gasteiger partial charge on any atom is -0.393 e. The van der Waals surface area contributed by atoms with Crippen LogP contribution in [0.25, 0.3) is 0 Å². The summed E-state index contributed by atoms with van der Waals surface area (Å²) in [5.74, 6) is 0. The molecule has 1 rings (SSSR count). The molecule has 1 heterocycles. The zero-order valence-electron chi connectivity index (χ0n) is 8.53. The van der Waals surface area contributed by atoms with Crippen LogP contribution in [0.5, 0.6) is 0 Å². The molecule has 0 aliphatic rings. The smallest absolute Gasteiger partial charge is 0.185 e. The first-order chi connectivity index (χ1) is 6.00. The van der Waals surface area contributed by atoms with Crippen molar-refractivity contribution in [2.75, 3.05) is 19.0 Å². The van der Waals surface area contributed by atoms with Crippen LogP contribution in [0.1, 0.15) is 17.5 Å². The van der Waals surface area contributed by atoms with E-state index in [-0.39, 0.29) is 6.10 Å². The first kappa shape index (κ1) is 10.5. The first-order valence-electron chi connectivity index (χ1n) is 4.32. The lowest BCUT2D eigenvalue weighted by atomic mass is 10.2. The molecule has 0 bridgehead atoms. The second-order valence-corrected chi connectivity index (χ2v) is 4.51. The van der Waals surface area contributed by atoms with E-state index in [0.29, 0.717) is 6.42 Å². The van der Waals surface area contributed by atoms with Crippen molar-refractivity contribution in [1.29, 1.82) is 0 Å². The van der Waals surface area contributed by atoms with E-state index in [1.54, 1.807) is 18.3 Å². The van der Waals surface area contributed by atoms with Gasteiger partial charge in [-0.15, -0.1) is 11.3 Å². The summed E-state index contributed by atoms with van der Waals surface area (Å²) in [5.41, 5.74) is 1.04.